The first kappa shape index (κ1) is 15.3. The Bertz CT molecular complexity index is 709. The molecular formula is C20H24N2O2. The van der Waals surface area contributed by atoms with Crippen LogP contribution < -0.4 is 14.8 Å². The minimum absolute atomic E-state index is 0.342. The van der Waals surface area contributed by atoms with Crippen molar-refractivity contribution in [2.24, 2.45) is 0 Å². The standard InChI is InChI=1S/C20H24N2O2/c1-15-3-2-4-18(11-15)21-17-7-9-22(10-8-17)13-16-5-6-19-20(12-16)24-14-23-19/h2-6,11-12,17,21H,7-10,13-14H2,1H3. The molecule has 1 saturated heterocycles. The number of rotatable bonds is 4. The van der Waals surface area contributed by atoms with Crippen LogP contribution in [0.1, 0.15) is 24.0 Å². The number of nitrogens with one attached hydrogen (secondary N) is 1. The number of likely N-dealkylation sites (tertiary alicyclic amines) is 1. The van der Waals surface area contributed by atoms with Crippen LogP contribution in [-0.4, -0.2) is 30.8 Å². The zero-order chi connectivity index (χ0) is 16.4. The number of anilines is 1. The molecule has 2 aliphatic heterocycles. The van der Waals surface area contributed by atoms with Gasteiger partial charge in [-0.2, -0.15) is 0 Å². The van der Waals surface area contributed by atoms with Gasteiger partial charge in [0, 0.05) is 31.4 Å². The zero-order valence-corrected chi connectivity index (χ0v) is 14.1. The van der Waals surface area contributed by atoms with Gasteiger partial charge in [0.1, 0.15) is 0 Å². The van der Waals surface area contributed by atoms with Crippen LogP contribution in [0.15, 0.2) is 42.5 Å². The monoisotopic (exact) mass is 324 g/mol. The van der Waals surface area contributed by atoms with Crippen LogP contribution in [0.3, 0.4) is 0 Å². The third-order valence-corrected chi connectivity index (χ3v) is 4.82. The Morgan fingerprint density at radius 2 is 1.88 bits per heavy atom. The minimum Gasteiger partial charge on any atom is -0.454 e. The van der Waals surface area contributed by atoms with Crippen molar-refractivity contribution in [2.75, 3.05) is 25.2 Å². The molecule has 0 bridgehead atoms. The largest absolute Gasteiger partial charge is 0.454 e. The number of piperidine rings is 1. The van der Waals surface area contributed by atoms with Gasteiger partial charge in [-0.05, 0) is 55.2 Å². The Morgan fingerprint density at radius 3 is 2.71 bits per heavy atom. The summed E-state index contributed by atoms with van der Waals surface area (Å²) in [6, 6.07) is 15.5. The molecule has 2 heterocycles. The molecule has 4 heteroatoms. The molecule has 0 spiro atoms. The minimum atomic E-state index is 0.342. The quantitative estimate of drug-likeness (QED) is 0.927. The van der Waals surface area contributed by atoms with E-state index < -0.39 is 0 Å². The molecule has 0 unspecified atom stereocenters. The predicted molar refractivity (Wildman–Crippen MR) is 95.7 cm³/mol. The van der Waals surface area contributed by atoms with Gasteiger partial charge in [0.15, 0.2) is 11.5 Å². The summed E-state index contributed by atoms with van der Waals surface area (Å²) in [7, 11) is 0. The Balaban J connectivity index is 1.30. The lowest BCUT2D eigenvalue weighted by molar-refractivity contribution is 0.173. The van der Waals surface area contributed by atoms with Crippen molar-refractivity contribution >= 4 is 5.69 Å². The molecule has 0 amide bonds. The fourth-order valence-electron chi connectivity index (χ4n) is 3.50. The number of aryl methyl sites for hydroxylation is 1. The number of hydrogen-bond donors (Lipinski definition) is 1. The lowest BCUT2D eigenvalue weighted by Crippen LogP contribution is -2.38. The molecule has 2 aromatic carbocycles. The summed E-state index contributed by atoms with van der Waals surface area (Å²) in [4.78, 5) is 2.52. The van der Waals surface area contributed by atoms with E-state index in [2.05, 4.69) is 53.5 Å². The summed E-state index contributed by atoms with van der Waals surface area (Å²) in [6.45, 7) is 5.71. The molecule has 0 aromatic heterocycles. The number of ether oxygens (including phenoxy) is 2. The number of benzene rings is 2. The van der Waals surface area contributed by atoms with Gasteiger partial charge < -0.3 is 14.8 Å². The van der Waals surface area contributed by atoms with Gasteiger partial charge >= 0.3 is 0 Å². The summed E-state index contributed by atoms with van der Waals surface area (Å²) >= 11 is 0. The van der Waals surface area contributed by atoms with Crippen LogP contribution in [0, 0.1) is 6.92 Å². The Hall–Kier alpha value is -2.20. The molecule has 4 nitrogen and oxygen atoms in total. The van der Waals surface area contributed by atoms with Crippen LogP contribution in [0.4, 0.5) is 5.69 Å². The van der Waals surface area contributed by atoms with Crippen LogP contribution in [0.25, 0.3) is 0 Å². The van der Waals surface area contributed by atoms with Crippen molar-refractivity contribution in [3.05, 3.63) is 53.6 Å². The molecular weight excluding hydrogens is 300 g/mol. The van der Waals surface area contributed by atoms with Crippen LogP contribution in [0.2, 0.25) is 0 Å². The van der Waals surface area contributed by atoms with Crippen molar-refractivity contribution in [1.82, 2.24) is 4.90 Å². The summed E-state index contributed by atoms with van der Waals surface area (Å²) in [5.41, 5.74) is 3.84. The predicted octanol–water partition coefficient (Wildman–Crippen LogP) is 3.80. The van der Waals surface area contributed by atoms with Gasteiger partial charge in [-0.25, -0.2) is 0 Å². The lowest BCUT2D eigenvalue weighted by atomic mass is 10.0. The summed E-state index contributed by atoms with van der Waals surface area (Å²) in [5, 5.41) is 3.68. The fraction of sp³-hybridized carbons (Fsp3) is 0.400. The third kappa shape index (κ3) is 3.49. The van der Waals surface area contributed by atoms with E-state index >= 15 is 0 Å². The molecule has 24 heavy (non-hydrogen) atoms. The Labute approximate surface area is 143 Å². The zero-order valence-electron chi connectivity index (χ0n) is 14.1. The van der Waals surface area contributed by atoms with E-state index in [1.165, 1.54) is 29.7 Å². The molecule has 0 saturated carbocycles. The number of hydrogen-bond acceptors (Lipinski definition) is 4. The van der Waals surface area contributed by atoms with Crippen molar-refractivity contribution in [3.8, 4) is 11.5 Å². The maximum atomic E-state index is 5.47. The molecule has 4 rings (SSSR count). The number of fused-ring (bicyclic) bond motifs is 1. The topological polar surface area (TPSA) is 33.7 Å². The van der Waals surface area contributed by atoms with Gasteiger partial charge in [-0.15, -0.1) is 0 Å². The first-order valence-electron chi connectivity index (χ1n) is 8.70. The van der Waals surface area contributed by atoms with E-state index in [0.29, 0.717) is 12.8 Å². The van der Waals surface area contributed by atoms with E-state index in [1.54, 1.807) is 0 Å². The van der Waals surface area contributed by atoms with Crippen LogP contribution in [0.5, 0.6) is 11.5 Å². The van der Waals surface area contributed by atoms with E-state index in [1.807, 2.05) is 6.07 Å². The molecule has 1 fully saturated rings. The Morgan fingerprint density at radius 1 is 1.04 bits per heavy atom. The van der Waals surface area contributed by atoms with Crippen molar-refractivity contribution in [1.29, 1.82) is 0 Å². The average molecular weight is 324 g/mol. The molecule has 0 radical (unpaired) electrons. The first-order valence-corrected chi connectivity index (χ1v) is 8.70. The first-order chi connectivity index (χ1) is 11.8. The van der Waals surface area contributed by atoms with Crippen molar-refractivity contribution in [2.45, 2.75) is 32.4 Å². The smallest absolute Gasteiger partial charge is 0.231 e. The average Bonchev–Trinajstić information content (AvgIpc) is 3.04. The van der Waals surface area contributed by atoms with Gasteiger partial charge in [0.05, 0.1) is 0 Å². The highest BCUT2D eigenvalue weighted by Crippen LogP contribution is 2.33. The highest BCUT2D eigenvalue weighted by molar-refractivity contribution is 5.46. The Kier molecular flexibility index (Phi) is 4.30. The summed E-state index contributed by atoms with van der Waals surface area (Å²) in [6.07, 6.45) is 2.36. The fourth-order valence-corrected chi connectivity index (χ4v) is 3.50. The molecule has 0 atom stereocenters. The van der Waals surface area contributed by atoms with Crippen molar-refractivity contribution < 1.29 is 9.47 Å². The maximum Gasteiger partial charge on any atom is 0.231 e. The molecule has 0 aliphatic carbocycles. The van der Waals surface area contributed by atoms with Gasteiger partial charge in [0.25, 0.3) is 0 Å². The molecule has 126 valence electrons. The van der Waals surface area contributed by atoms with Gasteiger partial charge in [0.2, 0.25) is 6.79 Å². The van der Waals surface area contributed by atoms with Gasteiger partial charge in [-0.3, -0.25) is 4.90 Å². The second kappa shape index (κ2) is 6.73. The van der Waals surface area contributed by atoms with Crippen LogP contribution >= 0.6 is 0 Å². The highest BCUT2D eigenvalue weighted by Gasteiger charge is 2.20. The summed E-state index contributed by atoms with van der Waals surface area (Å²) < 4.78 is 10.8. The SMILES string of the molecule is Cc1cccc(NC2CCN(Cc3ccc4c(c3)OCO4)CC2)c1. The normalized spacial score (nSPS) is 17.9. The van der Waals surface area contributed by atoms with E-state index in [9.17, 15) is 0 Å². The third-order valence-electron chi connectivity index (χ3n) is 4.82. The molecule has 2 aliphatic rings. The molecule has 1 N–H and O–H groups in total. The highest BCUT2D eigenvalue weighted by atomic mass is 16.7. The number of nitrogens with zero attached hydrogens (tertiary/aromatic N) is 1. The lowest BCUT2D eigenvalue weighted by Gasteiger charge is -2.33. The van der Waals surface area contributed by atoms with E-state index in [0.717, 1.165) is 31.1 Å². The maximum absolute atomic E-state index is 5.47. The van der Waals surface area contributed by atoms with Gasteiger partial charge in [-0.1, -0.05) is 18.2 Å². The second-order valence-electron chi connectivity index (χ2n) is 6.75. The molecule has 2 aromatic rings. The van der Waals surface area contributed by atoms with E-state index in [4.69, 9.17) is 9.47 Å². The van der Waals surface area contributed by atoms with Crippen molar-refractivity contribution in [3.63, 3.8) is 0 Å². The van der Waals surface area contributed by atoms with E-state index in [-0.39, 0.29) is 0 Å². The van der Waals surface area contributed by atoms with Crippen LogP contribution in [-0.2, 0) is 6.54 Å². The second-order valence-corrected chi connectivity index (χ2v) is 6.75. The summed E-state index contributed by atoms with van der Waals surface area (Å²) in [5.74, 6) is 1.74.